The molecule has 1 saturated carbocycles. The maximum atomic E-state index is 12.2. The van der Waals surface area contributed by atoms with Gasteiger partial charge in [0, 0.05) is 12.5 Å². The molecule has 118 valence electrons. The molecule has 1 rings (SSSR count). The van der Waals surface area contributed by atoms with Crippen LogP contribution in [0.25, 0.3) is 0 Å². The fourth-order valence-corrected chi connectivity index (χ4v) is 3.23. The number of nitrogens with two attached hydrogens (primary N) is 1. The highest BCUT2D eigenvalue weighted by atomic mass is 16.1. The van der Waals surface area contributed by atoms with Crippen LogP contribution in [-0.4, -0.2) is 43.5 Å². The minimum atomic E-state index is 0.230. The Morgan fingerprint density at radius 2 is 2.05 bits per heavy atom. The van der Waals surface area contributed by atoms with Crippen LogP contribution in [0.2, 0.25) is 0 Å². The van der Waals surface area contributed by atoms with Gasteiger partial charge >= 0.3 is 0 Å². The Hall–Kier alpha value is -0.610. The van der Waals surface area contributed by atoms with Crippen molar-refractivity contribution >= 4 is 5.91 Å². The molecule has 4 heteroatoms. The Bertz CT molecular complexity index is 264. The molecule has 20 heavy (non-hydrogen) atoms. The lowest BCUT2D eigenvalue weighted by Gasteiger charge is -2.28. The van der Waals surface area contributed by atoms with Crippen LogP contribution in [0.3, 0.4) is 0 Å². The summed E-state index contributed by atoms with van der Waals surface area (Å²) in [6.07, 6.45) is 6.66. The Morgan fingerprint density at radius 3 is 2.70 bits per heavy atom. The van der Waals surface area contributed by atoms with Crippen LogP contribution in [0.4, 0.5) is 0 Å². The molecule has 0 aromatic carbocycles. The Kier molecular flexibility index (Phi) is 8.86. The first-order chi connectivity index (χ1) is 9.71. The molecule has 2 unspecified atom stereocenters. The second kappa shape index (κ2) is 10.2. The third-order valence-corrected chi connectivity index (χ3v) is 4.57. The van der Waals surface area contributed by atoms with Crippen LogP contribution >= 0.6 is 0 Å². The molecule has 1 aliphatic rings. The minimum absolute atomic E-state index is 0.230. The number of amides is 1. The van der Waals surface area contributed by atoms with Gasteiger partial charge in [-0.3, -0.25) is 4.79 Å². The summed E-state index contributed by atoms with van der Waals surface area (Å²) in [5.41, 5.74) is 5.63. The zero-order valence-corrected chi connectivity index (χ0v) is 13.4. The minimum Gasteiger partial charge on any atom is -0.356 e. The standard InChI is InChI=1S/C16H33N3O/c1-3-19(4-2)12-6-11-18-16(20)15-8-5-7-14(13-15)9-10-17/h14-15H,3-13,17H2,1-2H3,(H,18,20). The van der Waals surface area contributed by atoms with Crippen molar-refractivity contribution in [3.05, 3.63) is 0 Å². The number of hydrogen-bond donors (Lipinski definition) is 2. The molecule has 0 saturated heterocycles. The van der Waals surface area contributed by atoms with Gasteiger partial charge in [0.15, 0.2) is 0 Å². The number of rotatable bonds is 9. The van der Waals surface area contributed by atoms with Gasteiger partial charge in [-0.05, 0) is 57.8 Å². The third kappa shape index (κ3) is 6.23. The van der Waals surface area contributed by atoms with E-state index in [-0.39, 0.29) is 11.8 Å². The predicted octanol–water partition coefficient (Wildman–Crippen LogP) is 1.99. The average molecular weight is 283 g/mol. The second-order valence-electron chi connectivity index (χ2n) is 5.98. The first kappa shape index (κ1) is 17.4. The van der Waals surface area contributed by atoms with Gasteiger partial charge in [-0.15, -0.1) is 0 Å². The molecule has 4 nitrogen and oxygen atoms in total. The summed E-state index contributed by atoms with van der Waals surface area (Å²) in [4.78, 5) is 14.6. The van der Waals surface area contributed by atoms with Crippen molar-refractivity contribution in [2.45, 2.75) is 52.4 Å². The van der Waals surface area contributed by atoms with E-state index in [2.05, 4.69) is 24.1 Å². The predicted molar refractivity (Wildman–Crippen MR) is 84.5 cm³/mol. The van der Waals surface area contributed by atoms with E-state index >= 15 is 0 Å². The van der Waals surface area contributed by atoms with Crippen LogP contribution in [-0.2, 0) is 4.79 Å². The Balaban J connectivity index is 2.18. The number of nitrogens with zero attached hydrogens (tertiary/aromatic N) is 1. The second-order valence-corrected chi connectivity index (χ2v) is 5.98. The monoisotopic (exact) mass is 283 g/mol. The lowest BCUT2D eigenvalue weighted by Crippen LogP contribution is -2.36. The van der Waals surface area contributed by atoms with Gasteiger partial charge in [-0.25, -0.2) is 0 Å². The van der Waals surface area contributed by atoms with Crippen molar-refractivity contribution in [1.82, 2.24) is 10.2 Å². The lowest BCUT2D eigenvalue weighted by molar-refractivity contribution is -0.126. The summed E-state index contributed by atoms with van der Waals surface area (Å²) in [6.45, 7) is 9.19. The molecule has 0 aromatic heterocycles. The molecule has 0 heterocycles. The highest BCUT2D eigenvalue weighted by Gasteiger charge is 2.26. The topological polar surface area (TPSA) is 58.4 Å². The normalized spacial score (nSPS) is 23.0. The summed E-state index contributed by atoms with van der Waals surface area (Å²) < 4.78 is 0. The molecule has 1 aliphatic carbocycles. The molecule has 0 bridgehead atoms. The van der Waals surface area contributed by atoms with Gasteiger partial charge in [0.05, 0.1) is 0 Å². The molecular formula is C16H33N3O. The first-order valence-electron chi connectivity index (χ1n) is 8.41. The van der Waals surface area contributed by atoms with E-state index in [0.717, 1.165) is 58.4 Å². The average Bonchev–Trinajstić information content (AvgIpc) is 2.48. The van der Waals surface area contributed by atoms with Crippen molar-refractivity contribution in [2.24, 2.45) is 17.6 Å². The van der Waals surface area contributed by atoms with E-state index in [1.807, 2.05) is 0 Å². The van der Waals surface area contributed by atoms with Crippen LogP contribution in [0.15, 0.2) is 0 Å². The maximum Gasteiger partial charge on any atom is 0.223 e. The number of carbonyl (C=O) groups excluding carboxylic acids is 1. The van der Waals surface area contributed by atoms with E-state index in [1.54, 1.807) is 0 Å². The molecule has 3 N–H and O–H groups in total. The van der Waals surface area contributed by atoms with E-state index in [1.165, 1.54) is 12.8 Å². The van der Waals surface area contributed by atoms with Crippen LogP contribution in [0.5, 0.6) is 0 Å². The summed E-state index contributed by atoms with van der Waals surface area (Å²) in [6, 6.07) is 0. The summed E-state index contributed by atoms with van der Waals surface area (Å²) in [5, 5.41) is 3.12. The van der Waals surface area contributed by atoms with Gasteiger partial charge in [0.2, 0.25) is 5.91 Å². The molecule has 0 radical (unpaired) electrons. The van der Waals surface area contributed by atoms with Crippen molar-refractivity contribution < 1.29 is 4.79 Å². The quantitative estimate of drug-likeness (QED) is 0.636. The van der Waals surface area contributed by atoms with Crippen molar-refractivity contribution in [3.8, 4) is 0 Å². The van der Waals surface area contributed by atoms with Crippen LogP contribution in [0.1, 0.15) is 52.4 Å². The molecule has 0 aliphatic heterocycles. The van der Waals surface area contributed by atoms with Crippen molar-refractivity contribution in [1.29, 1.82) is 0 Å². The zero-order chi connectivity index (χ0) is 14.8. The third-order valence-electron chi connectivity index (χ3n) is 4.57. The first-order valence-corrected chi connectivity index (χ1v) is 8.41. The maximum absolute atomic E-state index is 12.2. The molecule has 0 spiro atoms. The molecule has 1 amide bonds. The van der Waals surface area contributed by atoms with E-state index < -0.39 is 0 Å². The van der Waals surface area contributed by atoms with E-state index in [0.29, 0.717) is 5.92 Å². The summed E-state index contributed by atoms with van der Waals surface area (Å²) in [5.74, 6) is 1.17. The van der Waals surface area contributed by atoms with Crippen molar-refractivity contribution in [2.75, 3.05) is 32.7 Å². The highest BCUT2D eigenvalue weighted by molar-refractivity contribution is 5.78. The van der Waals surface area contributed by atoms with Gasteiger partial charge in [-0.2, -0.15) is 0 Å². The number of nitrogens with one attached hydrogen (secondary N) is 1. The molecule has 0 aromatic rings. The van der Waals surface area contributed by atoms with Crippen LogP contribution in [0, 0.1) is 11.8 Å². The Labute approximate surface area is 124 Å². The van der Waals surface area contributed by atoms with E-state index in [9.17, 15) is 4.79 Å². The summed E-state index contributed by atoms with van der Waals surface area (Å²) in [7, 11) is 0. The van der Waals surface area contributed by atoms with Gasteiger partial charge < -0.3 is 16.0 Å². The zero-order valence-electron chi connectivity index (χ0n) is 13.4. The van der Waals surface area contributed by atoms with E-state index in [4.69, 9.17) is 5.73 Å². The SMILES string of the molecule is CCN(CC)CCCNC(=O)C1CCCC(CCN)C1. The van der Waals surface area contributed by atoms with Gasteiger partial charge in [0.25, 0.3) is 0 Å². The smallest absolute Gasteiger partial charge is 0.223 e. The number of hydrogen-bond acceptors (Lipinski definition) is 3. The number of carbonyl (C=O) groups is 1. The molecular weight excluding hydrogens is 250 g/mol. The van der Waals surface area contributed by atoms with Gasteiger partial charge in [0.1, 0.15) is 0 Å². The Morgan fingerprint density at radius 1 is 1.30 bits per heavy atom. The van der Waals surface area contributed by atoms with Gasteiger partial charge in [-0.1, -0.05) is 26.7 Å². The summed E-state index contributed by atoms with van der Waals surface area (Å²) >= 11 is 0. The highest BCUT2D eigenvalue weighted by Crippen LogP contribution is 2.30. The molecule has 1 fully saturated rings. The fraction of sp³-hybridized carbons (Fsp3) is 0.938. The lowest BCUT2D eigenvalue weighted by atomic mass is 9.79. The molecule has 2 atom stereocenters. The fourth-order valence-electron chi connectivity index (χ4n) is 3.23. The van der Waals surface area contributed by atoms with Crippen molar-refractivity contribution in [3.63, 3.8) is 0 Å². The van der Waals surface area contributed by atoms with Crippen LogP contribution < -0.4 is 11.1 Å². The largest absolute Gasteiger partial charge is 0.356 e.